The standard InChI is InChI=1S/C22H25NO4/c1-22(2,3)23-13-17(24)14-26-18-10-9-16-11-19(15-7-5-4-6-8-15)21(25)27-20(16)12-18/h4-12,17,23-24H,13-14H2,1-3H3. The molecule has 0 aliphatic heterocycles. The fourth-order valence-corrected chi connectivity index (χ4v) is 2.68. The van der Waals surface area contributed by atoms with Crippen LogP contribution in [0.1, 0.15) is 20.8 Å². The minimum absolute atomic E-state index is 0.0657. The maximum atomic E-state index is 12.3. The lowest BCUT2D eigenvalue weighted by atomic mass is 10.1. The molecule has 0 aliphatic carbocycles. The van der Waals surface area contributed by atoms with Gasteiger partial charge in [-0.05, 0) is 44.5 Å². The monoisotopic (exact) mass is 367 g/mol. The first-order valence-corrected chi connectivity index (χ1v) is 9.01. The molecule has 142 valence electrons. The van der Waals surface area contributed by atoms with Gasteiger partial charge in [-0.15, -0.1) is 0 Å². The van der Waals surface area contributed by atoms with Gasteiger partial charge in [-0.2, -0.15) is 0 Å². The molecule has 0 fully saturated rings. The van der Waals surface area contributed by atoms with Gasteiger partial charge < -0.3 is 19.6 Å². The molecule has 1 aromatic heterocycles. The topological polar surface area (TPSA) is 71.7 Å². The Kier molecular flexibility index (Phi) is 5.63. The third-order valence-corrected chi connectivity index (χ3v) is 4.10. The summed E-state index contributed by atoms with van der Waals surface area (Å²) in [4.78, 5) is 12.3. The zero-order valence-corrected chi connectivity index (χ0v) is 15.9. The quantitative estimate of drug-likeness (QED) is 0.652. The van der Waals surface area contributed by atoms with E-state index < -0.39 is 6.10 Å². The SMILES string of the molecule is CC(C)(C)NCC(O)COc1ccc2cc(-c3ccccc3)c(=O)oc2c1. The molecule has 0 aliphatic rings. The number of ether oxygens (including phenoxy) is 1. The van der Waals surface area contributed by atoms with E-state index in [1.807, 2.05) is 63.2 Å². The predicted octanol–water partition coefficient (Wildman–Crippen LogP) is 3.59. The minimum atomic E-state index is -0.632. The molecule has 0 radical (unpaired) electrons. The molecule has 3 aromatic rings. The van der Waals surface area contributed by atoms with E-state index >= 15 is 0 Å². The van der Waals surface area contributed by atoms with Gasteiger partial charge in [0.2, 0.25) is 0 Å². The number of nitrogens with one attached hydrogen (secondary N) is 1. The van der Waals surface area contributed by atoms with Crippen molar-refractivity contribution in [2.24, 2.45) is 0 Å². The van der Waals surface area contributed by atoms with Crippen LogP contribution in [0.25, 0.3) is 22.1 Å². The summed E-state index contributed by atoms with van der Waals surface area (Å²) in [5.74, 6) is 0.549. The van der Waals surface area contributed by atoms with Crippen molar-refractivity contribution in [2.45, 2.75) is 32.4 Å². The predicted molar refractivity (Wildman–Crippen MR) is 107 cm³/mol. The molecule has 0 saturated carbocycles. The lowest BCUT2D eigenvalue weighted by Gasteiger charge is -2.22. The molecule has 0 bridgehead atoms. The number of hydrogen-bond donors (Lipinski definition) is 2. The molecule has 5 heteroatoms. The maximum absolute atomic E-state index is 12.3. The molecule has 27 heavy (non-hydrogen) atoms. The first-order chi connectivity index (χ1) is 12.8. The Bertz CT molecular complexity index is 957. The van der Waals surface area contributed by atoms with Gasteiger partial charge in [-0.25, -0.2) is 4.79 Å². The largest absolute Gasteiger partial charge is 0.491 e. The van der Waals surface area contributed by atoms with Crippen LogP contribution in [0.3, 0.4) is 0 Å². The van der Waals surface area contributed by atoms with Gasteiger partial charge in [0.15, 0.2) is 0 Å². The zero-order valence-electron chi connectivity index (χ0n) is 15.9. The Labute approximate surface area is 158 Å². The fourth-order valence-electron chi connectivity index (χ4n) is 2.68. The first kappa shape index (κ1) is 19.1. The highest BCUT2D eigenvalue weighted by Gasteiger charge is 2.13. The molecule has 1 unspecified atom stereocenters. The van der Waals surface area contributed by atoms with Crippen molar-refractivity contribution < 1.29 is 14.3 Å². The number of aliphatic hydroxyl groups excluding tert-OH is 1. The molecule has 1 atom stereocenters. The highest BCUT2D eigenvalue weighted by Crippen LogP contribution is 2.24. The molecule has 1 heterocycles. The van der Waals surface area contributed by atoms with Crippen LogP contribution >= 0.6 is 0 Å². The van der Waals surface area contributed by atoms with Gasteiger partial charge in [-0.1, -0.05) is 30.3 Å². The Hall–Kier alpha value is -2.63. The number of benzene rings is 2. The molecule has 2 aromatic carbocycles. The van der Waals surface area contributed by atoms with Crippen LogP contribution in [-0.4, -0.2) is 29.9 Å². The summed E-state index contributed by atoms with van der Waals surface area (Å²) in [7, 11) is 0. The van der Waals surface area contributed by atoms with E-state index in [1.54, 1.807) is 12.1 Å². The van der Waals surface area contributed by atoms with Gasteiger partial charge in [0, 0.05) is 23.5 Å². The van der Waals surface area contributed by atoms with E-state index in [0.29, 0.717) is 23.4 Å². The molecular weight excluding hydrogens is 342 g/mol. The summed E-state index contributed by atoms with van der Waals surface area (Å²) >= 11 is 0. The van der Waals surface area contributed by atoms with Crippen molar-refractivity contribution in [3.63, 3.8) is 0 Å². The van der Waals surface area contributed by atoms with Crippen molar-refractivity contribution in [3.8, 4) is 16.9 Å². The van der Waals surface area contributed by atoms with Crippen molar-refractivity contribution in [2.75, 3.05) is 13.2 Å². The van der Waals surface area contributed by atoms with Crippen LogP contribution in [0.2, 0.25) is 0 Å². The van der Waals surface area contributed by atoms with E-state index in [1.165, 1.54) is 0 Å². The first-order valence-electron chi connectivity index (χ1n) is 9.01. The summed E-state index contributed by atoms with van der Waals surface area (Å²) in [6.45, 7) is 6.70. The molecule has 0 saturated heterocycles. The lowest BCUT2D eigenvalue weighted by Crippen LogP contribution is -2.42. The summed E-state index contributed by atoms with van der Waals surface area (Å²) in [6, 6.07) is 16.6. The summed E-state index contributed by atoms with van der Waals surface area (Å²) in [6.07, 6.45) is -0.632. The number of aliphatic hydroxyl groups is 1. The van der Waals surface area contributed by atoms with Gasteiger partial charge in [0.25, 0.3) is 0 Å². The van der Waals surface area contributed by atoms with Gasteiger partial charge >= 0.3 is 5.63 Å². The number of rotatable bonds is 6. The van der Waals surface area contributed by atoms with E-state index in [9.17, 15) is 9.90 Å². The maximum Gasteiger partial charge on any atom is 0.344 e. The molecular formula is C22H25NO4. The number of hydrogen-bond acceptors (Lipinski definition) is 5. The van der Waals surface area contributed by atoms with Crippen molar-refractivity contribution >= 4 is 11.0 Å². The summed E-state index contributed by atoms with van der Waals surface area (Å²) in [5.41, 5.74) is 1.35. The van der Waals surface area contributed by atoms with E-state index in [4.69, 9.17) is 9.15 Å². The Morgan fingerprint density at radius 1 is 1.11 bits per heavy atom. The Balaban J connectivity index is 1.73. The highest BCUT2D eigenvalue weighted by atomic mass is 16.5. The highest BCUT2D eigenvalue weighted by molar-refractivity contribution is 5.82. The van der Waals surface area contributed by atoms with Gasteiger partial charge in [-0.3, -0.25) is 0 Å². The van der Waals surface area contributed by atoms with Crippen LogP contribution < -0.4 is 15.7 Å². The number of β-amino-alcohol motifs (C(OH)–C–C–N with tert-alkyl or cyclic N) is 1. The minimum Gasteiger partial charge on any atom is -0.491 e. The Morgan fingerprint density at radius 3 is 2.56 bits per heavy atom. The van der Waals surface area contributed by atoms with Gasteiger partial charge in [0.1, 0.15) is 24.0 Å². The summed E-state index contributed by atoms with van der Waals surface area (Å²) < 4.78 is 11.1. The normalized spacial score (nSPS) is 12.9. The fraction of sp³-hybridized carbons (Fsp3) is 0.318. The average molecular weight is 367 g/mol. The zero-order chi connectivity index (χ0) is 19.4. The molecule has 2 N–H and O–H groups in total. The number of fused-ring (bicyclic) bond motifs is 1. The molecule has 0 amide bonds. The van der Waals surface area contributed by atoms with E-state index in [2.05, 4.69) is 5.32 Å². The van der Waals surface area contributed by atoms with Crippen molar-refractivity contribution in [1.82, 2.24) is 5.32 Å². The van der Waals surface area contributed by atoms with Crippen molar-refractivity contribution in [3.05, 3.63) is 65.0 Å². The van der Waals surface area contributed by atoms with Crippen LogP contribution in [0.4, 0.5) is 0 Å². The second-order valence-electron chi connectivity index (χ2n) is 7.61. The third kappa shape index (κ3) is 5.18. The Morgan fingerprint density at radius 2 is 1.85 bits per heavy atom. The van der Waals surface area contributed by atoms with Gasteiger partial charge in [0.05, 0.1) is 5.56 Å². The van der Waals surface area contributed by atoms with Crippen LogP contribution in [0.5, 0.6) is 5.75 Å². The van der Waals surface area contributed by atoms with Crippen LogP contribution in [-0.2, 0) is 0 Å². The lowest BCUT2D eigenvalue weighted by molar-refractivity contribution is 0.100. The third-order valence-electron chi connectivity index (χ3n) is 4.10. The average Bonchev–Trinajstić information content (AvgIpc) is 2.64. The van der Waals surface area contributed by atoms with Crippen LogP contribution in [0.15, 0.2) is 63.8 Å². The summed E-state index contributed by atoms with van der Waals surface area (Å²) in [5, 5.41) is 14.1. The van der Waals surface area contributed by atoms with Crippen LogP contribution in [0, 0.1) is 0 Å². The van der Waals surface area contributed by atoms with E-state index in [-0.39, 0.29) is 17.8 Å². The smallest absolute Gasteiger partial charge is 0.344 e. The van der Waals surface area contributed by atoms with E-state index in [0.717, 1.165) is 10.9 Å². The van der Waals surface area contributed by atoms with Crippen molar-refractivity contribution in [1.29, 1.82) is 0 Å². The second kappa shape index (κ2) is 7.94. The second-order valence-corrected chi connectivity index (χ2v) is 7.61. The molecule has 5 nitrogen and oxygen atoms in total. The molecule has 3 rings (SSSR count). The molecule has 0 spiro atoms.